The van der Waals surface area contributed by atoms with Crippen LogP contribution in [0.3, 0.4) is 0 Å². The molecular weight excluding hydrogens is 312 g/mol. The summed E-state index contributed by atoms with van der Waals surface area (Å²) in [5.74, 6) is -0.102. The highest BCUT2D eigenvalue weighted by atomic mass is 16.6. The van der Waals surface area contributed by atoms with E-state index in [0.717, 1.165) is 11.1 Å². The van der Waals surface area contributed by atoms with E-state index in [1.54, 1.807) is 0 Å². The number of rotatable bonds is 6. The van der Waals surface area contributed by atoms with Gasteiger partial charge in [0.2, 0.25) is 0 Å². The van der Waals surface area contributed by atoms with Gasteiger partial charge in [-0.25, -0.2) is 0 Å². The van der Waals surface area contributed by atoms with Crippen LogP contribution in [-0.4, -0.2) is 25.1 Å². The number of nitrogens with zero attached hydrogens (tertiary/aromatic N) is 1. The molecule has 0 aromatic heterocycles. The zero-order valence-electron chi connectivity index (χ0n) is 13.7. The molecule has 0 bridgehead atoms. The van der Waals surface area contributed by atoms with Crippen LogP contribution in [0.1, 0.15) is 21.5 Å². The number of hydrogen-bond acceptors (Lipinski definition) is 5. The predicted molar refractivity (Wildman–Crippen MR) is 88.5 cm³/mol. The summed E-state index contributed by atoms with van der Waals surface area (Å²) in [5, 5.41) is 14.0. The zero-order valence-corrected chi connectivity index (χ0v) is 13.7. The molecule has 24 heavy (non-hydrogen) atoms. The molecule has 2 rings (SSSR count). The Morgan fingerprint density at radius 1 is 1.17 bits per heavy atom. The molecule has 0 atom stereocenters. The molecule has 2 aromatic carbocycles. The number of benzene rings is 2. The van der Waals surface area contributed by atoms with Gasteiger partial charge in [-0.05, 0) is 18.1 Å². The topological polar surface area (TPSA) is 90.7 Å². The fourth-order valence-corrected chi connectivity index (χ4v) is 2.28. The van der Waals surface area contributed by atoms with Gasteiger partial charge in [-0.2, -0.15) is 0 Å². The molecule has 7 nitrogen and oxygen atoms in total. The van der Waals surface area contributed by atoms with Gasteiger partial charge in [0.1, 0.15) is 5.56 Å². The van der Waals surface area contributed by atoms with Crippen LogP contribution in [0.25, 0.3) is 0 Å². The van der Waals surface area contributed by atoms with Crippen molar-refractivity contribution in [2.45, 2.75) is 13.5 Å². The van der Waals surface area contributed by atoms with Crippen LogP contribution >= 0.6 is 0 Å². The molecule has 7 heteroatoms. The molecule has 0 aliphatic rings. The van der Waals surface area contributed by atoms with Crippen molar-refractivity contribution in [3.63, 3.8) is 0 Å². The van der Waals surface area contributed by atoms with Crippen molar-refractivity contribution in [2.75, 3.05) is 14.2 Å². The third kappa shape index (κ3) is 3.62. The Balaban J connectivity index is 2.30. The first-order chi connectivity index (χ1) is 11.5. The summed E-state index contributed by atoms with van der Waals surface area (Å²) in [6.45, 7) is 2.21. The van der Waals surface area contributed by atoms with E-state index in [2.05, 4.69) is 5.32 Å². The molecule has 1 N–H and O–H groups in total. The smallest absolute Gasteiger partial charge is 0.286 e. The van der Waals surface area contributed by atoms with Gasteiger partial charge >= 0.3 is 0 Å². The largest absolute Gasteiger partial charge is 0.493 e. The monoisotopic (exact) mass is 330 g/mol. The van der Waals surface area contributed by atoms with Crippen LogP contribution in [0, 0.1) is 17.0 Å². The van der Waals surface area contributed by atoms with Crippen molar-refractivity contribution >= 4 is 11.6 Å². The molecule has 0 aliphatic heterocycles. The van der Waals surface area contributed by atoms with Crippen LogP contribution in [0.4, 0.5) is 5.69 Å². The normalized spacial score (nSPS) is 10.1. The SMILES string of the molecule is COc1cc(C(=O)NCc2ccccc2C)c([N+](=O)[O-])cc1OC. The third-order valence-electron chi connectivity index (χ3n) is 3.64. The lowest BCUT2D eigenvalue weighted by Gasteiger charge is -2.11. The number of ether oxygens (including phenoxy) is 2. The van der Waals surface area contributed by atoms with Crippen LogP contribution in [0.2, 0.25) is 0 Å². The molecule has 0 radical (unpaired) electrons. The second-order valence-corrected chi connectivity index (χ2v) is 5.09. The summed E-state index contributed by atoms with van der Waals surface area (Å²) < 4.78 is 10.2. The van der Waals surface area contributed by atoms with E-state index in [-0.39, 0.29) is 29.3 Å². The first kappa shape index (κ1) is 17.3. The lowest BCUT2D eigenvalue weighted by Crippen LogP contribution is -2.24. The molecule has 0 saturated carbocycles. The second-order valence-electron chi connectivity index (χ2n) is 5.09. The maximum absolute atomic E-state index is 12.4. The standard InChI is InChI=1S/C17H18N2O5/c1-11-6-4-5-7-12(11)10-18-17(20)13-8-15(23-2)16(24-3)9-14(13)19(21)22/h4-9H,10H2,1-3H3,(H,18,20). The van der Waals surface area contributed by atoms with Gasteiger partial charge in [0, 0.05) is 12.6 Å². The van der Waals surface area contributed by atoms with Crippen LogP contribution < -0.4 is 14.8 Å². The molecule has 0 heterocycles. The van der Waals surface area contributed by atoms with E-state index >= 15 is 0 Å². The van der Waals surface area contributed by atoms with Gasteiger partial charge < -0.3 is 14.8 Å². The Labute approximate surface area is 139 Å². The first-order valence-electron chi connectivity index (χ1n) is 7.21. The second kappa shape index (κ2) is 7.45. The van der Waals surface area contributed by atoms with Crippen LogP contribution in [0.5, 0.6) is 11.5 Å². The van der Waals surface area contributed by atoms with Crippen molar-refractivity contribution in [2.24, 2.45) is 0 Å². The van der Waals surface area contributed by atoms with E-state index in [9.17, 15) is 14.9 Å². The number of hydrogen-bond donors (Lipinski definition) is 1. The molecule has 0 aliphatic carbocycles. The molecule has 0 unspecified atom stereocenters. The Morgan fingerprint density at radius 2 is 1.79 bits per heavy atom. The van der Waals surface area contributed by atoms with Gasteiger partial charge in [-0.1, -0.05) is 24.3 Å². The Hall–Kier alpha value is -3.09. The average molecular weight is 330 g/mol. The Morgan fingerprint density at radius 3 is 2.38 bits per heavy atom. The number of carbonyl (C=O) groups excluding carboxylic acids is 1. The number of aryl methyl sites for hydroxylation is 1. The maximum atomic E-state index is 12.4. The maximum Gasteiger partial charge on any atom is 0.286 e. The number of nitro benzene ring substituents is 1. The predicted octanol–water partition coefficient (Wildman–Crippen LogP) is 2.85. The van der Waals surface area contributed by atoms with Gasteiger partial charge in [0.25, 0.3) is 11.6 Å². The van der Waals surface area contributed by atoms with Crippen LogP contribution in [0.15, 0.2) is 36.4 Å². The summed E-state index contributed by atoms with van der Waals surface area (Å²) in [5.41, 5.74) is 1.55. The quantitative estimate of drug-likeness (QED) is 0.649. The van der Waals surface area contributed by atoms with Gasteiger partial charge in [-0.15, -0.1) is 0 Å². The molecule has 1 amide bonds. The van der Waals surface area contributed by atoms with E-state index in [1.165, 1.54) is 26.4 Å². The Kier molecular flexibility index (Phi) is 5.36. The number of amides is 1. The molecule has 2 aromatic rings. The highest BCUT2D eigenvalue weighted by Crippen LogP contribution is 2.34. The van der Waals surface area contributed by atoms with Crippen LogP contribution in [-0.2, 0) is 6.54 Å². The number of nitrogens with one attached hydrogen (secondary N) is 1. The van der Waals surface area contributed by atoms with E-state index in [0.29, 0.717) is 0 Å². The fourth-order valence-electron chi connectivity index (χ4n) is 2.28. The van der Waals surface area contributed by atoms with E-state index < -0.39 is 10.8 Å². The molecular formula is C17H18N2O5. The fraction of sp³-hybridized carbons (Fsp3) is 0.235. The van der Waals surface area contributed by atoms with Crippen molar-refractivity contribution in [3.05, 3.63) is 63.2 Å². The summed E-state index contributed by atoms with van der Waals surface area (Å²) >= 11 is 0. The third-order valence-corrected chi connectivity index (χ3v) is 3.64. The minimum atomic E-state index is -0.620. The zero-order chi connectivity index (χ0) is 17.7. The van der Waals surface area contributed by atoms with Gasteiger partial charge in [-0.3, -0.25) is 14.9 Å². The van der Waals surface area contributed by atoms with Crippen molar-refractivity contribution < 1.29 is 19.2 Å². The Bertz CT molecular complexity index is 774. The average Bonchev–Trinajstić information content (AvgIpc) is 2.59. The summed E-state index contributed by atoms with van der Waals surface area (Å²) in [6, 6.07) is 10.1. The summed E-state index contributed by atoms with van der Waals surface area (Å²) in [6.07, 6.45) is 0. The minimum Gasteiger partial charge on any atom is -0.493 e. The van der Waals surface area contributed by atoms with Gasteiger partial charge in [0.05, 0.1) is 25.2 Å². The van der Waals surface area contributed by atoms with Crippen molar-refractivity contribution in [1.29, 1.82) is 0 Å². The van der Waals surface area contributed by atoms with E-state index in [1.807, 2.05) is 31.2 Å². The summed E-state index contributed by atoms with van der Waals surface area (Å²) in [4.78, 5) is 23.0. The number of nitro groups is 1. The molecule has 0 saturated heterocycles. The first-order valence-corrected chi connectivity index (χ1v) is 7.21. The highest BCUT2D eigenvalue weighted by Gasteiger charge is 2.24. The summed E-state index contributed by atoms with van der Waals surface area (Å²) in [7, 11) is 2.78. The highest BCUT2D eigenvalue weighted by molar-refractivity contribution is 5.99. The number of methoxy groups -OCH3 is 2. The lowest BCUT2D eigenvalue weighted by atomic mass is 10.1. The van der Waals surface area contributed by atoms with Gasteiger partial charge in [0.15, 0.2) is 11.5 Å². The molecule has 0 fully saturated rings. The minimum absolute atomic E-state index is 0.0776. The lowest BCUT2D eigenvalue weighted by molar-refractivity contribution is -0.385. The van der Waals surface area contributed by atoms with Crippen molar-refractivity contribution in [1.82, 2.24) is 5.32 Å². The van der Waals surface area contributed by atoms with E-state index in [4.69, 9.17) is 9.47 Å². The molecule has 126 valence electrons. The number of carbonyl (C=O) groups is 1. The molecule has 0 spiro atoms. The van der Waals surface area contributed by atoms with Crippen molar-refractivity contribution in [3.8, 4) is 11.5 Å².